The SMILES string of the molecule is CCOc1cc(OC=C=O)c2c(C)c(CCN(CC)CC)c(=O)oc2c1Cl. The lowest BCUT2D eigenvalue weighted by atomic mass is 10.0. The topological polar surface area (TPSA) is 69.0 Å². The van der Waals surface area contributed by atoms with Crippen LogP contribution in [0.3, 0.4) is 0 Å². The molecule has 0 N–H and O–H groups in total. The molecule has 1 aromatic carbocycles. The number of fused-ring (bicyclic) bond motifs is 1. The molecule has 1 aromatic heterocycles. The number of ether oxygens (including phenoxy) is 2. The van der Waals surface area contributed by atoms with E-state index in [0.29, 0.717) is 41.0 Å². The van der Waals surface area contributed by atoms with Gasteiger partial charge in [0.05, 0.1) is 12.0 Å². The molecule has 0 amide bonds. The minimum Gasteiger partial charge on any atom is -0.492 e. The molecular weight excluding hydrogens is 370 g/mol. The highest BCUT2D eigenvalue weighted by Gasteiger charge is 2.21. The van der Waals surface area contributed by atoms with Crippen molar-refractivity contribution in [3.05, 3.63) is 38.9 Å². The van der Waals surface area contributed by atoms with E-state index in [-0.39, 0.29) is 10.6 Å². The lowest BCUT2D eigenvalue weighted by Gasteiger charge is -2.19. The van der Waals surface area contributed by atoms with Crippen LogP contribution < -0.4 is 15.1 Å². The van der Waals surface area contributed by atoms with Gasteiger partial charge in [-0.3, -0.25) is 0 Å². The Morgan fingerprint density at radius 2 is 1.96 bits per heavy atom. The van der Waals surface area contributed by atoms with Crippen LogP contribution in [-0.2, 0) is 11.2 Å². The molecule has 6 nitrogen and oxygen atoms in total. The van der Waals surface area contributed by atoms with Crippen molar-refractivity contribution in [2.24, 2.45) is 0 Å². The third-order valence-electron chi connectivity index (χ3n) is 4.53. The van der Waals surface area contributed by atoms with Crippen molar-refractivity contribution >= 4 is 28.5 Å². The van der Waals surface area contributed by atoms with Crippen molar-refractivity contribution in [2.75, 3.05) is 26.2 Å². The molecule has 0 unspecified atom stereocenters. The summed E-state index contributed by atoms with van der Waals surface area (Å²) in [5.74, 6) is 2.22. The van der Waals surface area contributed by atoms with Gasteiger partial charge in [-0.15, -0.1) is 0 Å². The summed E-state index contributed by atoms with van der Waals surface area (Å²) in [5, 5.41) is 0.744. The van der Waals surface area contributed by atoms with Gasteiger partial charge in [0.1, 0.15) is 16.5 Å². The van der Waals surface area contributed by atoms with Crippen LogP contribution in [0, 0.1) is 6.92 Å². The first kappa shape index (κ1) is 21.0. The van der Waals surface area contributed by atoms with Gasteiger partial charge >= 0.3 is 5.63 Å². The Morgan fingerprint density at radius 3 is 2.56 bits per heavy atom. The van der Waals surface area contributed by atoms with Gasteiger partial charge in [-0.25, -0.2) is 9.59 Å². The molecule has 146 valence electrons. The van der Waals surface area contributed by atoms with Crippen molar-refractivity contribution in [3.8, 4) is 11.5 Å². The summed E-state index contributed by atoms with van der Waals surface area (Å²) in [7, 11) is 0. The fraction of sp³-hybridized carbons (Fsp3) is 0.450. The average Bonchev–Trinajstić information content (AvgIpc) is 2.66. The maximum atomic E-state index is 12.6. The summed E-state index contributed by atoms with van der Waals surface area (Å²) in [6, 6.07) is 1.59. The quantitative estimate of drug-likeness (QED) is 0.367. The van der Waals surface area contributed by atoms with E-state index in [0.717, 1.165) is 25.9 Å². The molecule has 2 rings (SSSR count). The minimum atomic E-state index is -0.431. The summed E-state index contributed by atoms with van der Waals surface area (Å²) in [4.78, 5) is 25.4. The predicted molar refractivity (Wildman–Crippen MR) is 106 cm³/mol. The van der Waals surface area contributed by atoms with Crippen molar-refractivity contribution in [1.82, 2.24) is 4.90 Å². The zero-order valence-electron chi connectivity index (χ0n) is 16.1. The van der Waals surface area contributed by atoms with E-state index in [1.807, 2.05) is 13.8 Å². The molecule has 0 saturated heterocycles. The number of hydrogen-bond acceptors (Lipinski definition) is 6. The van der Waals surface area contributed by atoms with E-state index in [1.165, 1.54) is 0 Å². The molecule has 0 spiro atoms. The van der Waals surface area contributed by atoms with Crippen LogP contribution in [-0.4, -0.2) is 37.1 Å². The van der Waals surface area contributed by atoms with Gasteiger partial charge in [0.25, 0.3) is 0 Å². The first-order valence-electron chi connectivity index (χ1n) is 8.98. The van der Waals surface area contributed by atoms with Crippen molar-refractivity contribution in [2.45, 2.75) is 34.1 Å². The highest BCUT2D eigenvalue weighted by molar-refractivity contribution is 6.36. The second kappa shape index (κ2) is 9.60. The van der Waals surface area contributed by atoms with Crippen molar-refractivity contribution in [1.29, 1.82) is 0 Å². The zero-order valence-corrected chi connectivity index (χ0v) is 16.8. The number of nitrogens with zero attached hydrogens (tertiary/aromatic N) is 1. The monoisotopic (exact) mass is 393 g/mol. The molecule has 0 saturated carbocycles. The normalized spacial score (nSPS) is 10.9. The van der Waals surface area contributed by atoms with Gasteiger partial charge < -0.3 is 18.8 Å². The molecule has 0 bridgehead atoms. The maximum absolute atomic E-state index is 12.6. The second-order valence-electron chi connectivity index (χ2n) is 5.95. The third-order valence-corrected chi connectivity index (χ3v) is 4.88. The molecule has 2 aromatic rings. The van der Waals surface area contributed by atoms with Crippen LogP contribution in [0.2, 0.25) is 5.02 Å². The van der Waals surface area contributed by atoms with Crippen LogP contribution in [0.5, 0.6) is 11.5 Å². The van der Waals surface area contributed by atoms with Crippen molar-refractivity contribution in [3.63, 3.8) is 0 Å². The van der Waals surface area contributed by atoms with E-state index in [1.54, 1.807) is 12.0 Å². The molecule has 1 heterocycles. The number of hydrogen-bond donors (Lipinski definition) is 0. The minimum absolute atomic E-state index is 0.186. The van der Waals surface area contributed by atoms with Crippen LogP contribution in [0.4, 0.5) is 0 Å². The Labute approximate surface area is 163 Å². The van der Waals surface area contributed by atoms with Crippen molar-refractivity contribution < 1.29 is 18.7 Å². The summed E-state index contributed by atoms with van der Waals surface area (Å²) in [6.07, 6.45) is 1.44. The fourth-order valence-electron chi connectivity index (χ4n) is 3.04. The third kappa shape index (κ3) is 4.53. The van der Waals surface area contributed by atoms with Crippen LogP contribution in [0.15, 0.2) is 21.5 Å². The highest BCUT2D eigenvalue weighted by Crippen LogP contribution is 2.41. The zero-order chi connectivity index (χ0) is 20.0. The van der Waals surface area contributed by atoms with Gasteiger partial charge in [-0.2, -0.15) is 0 Å². The van der Waals surface area contributed by atoms with Gasteiger partial charge in [0.2, 0.25) is 0 Å². The Hall–Kier alpha value is -2.27. The lowest BCUT2D eigenvalue weighted by Crippen LogP contribution is -2.27. The van der Waals surface area contributed by atoms with Gasteiger partial charge in [-0.05, 0) is 38.9 Å². The first-order valence-corrected chi connectivity index (χ1v) is 9.36. The molecule has 0 radical (unpaired) electrons. The molecule has 7 heteroatoms. The maximum Gasteiger partial charge on any atom is 0.339 e. The predicted octanol–water partition coefficient (Wildman–Crippen LogP) is 3.76. The molecule has 0 atom stereocenters. The van der Waals surface area contributed by atoms with E-state index in [2.05, 4.69) is 18.7 Å². The molecule has 27 heavy (non-hydrogen) atoms. The Kier molecular flexibility index (Phi) is 7.48. The van der Waals surface area contributed by atoms with Crippen LogP contribution >= 0.6 is 11.6 Å². The van der Waals surface area contributed by atoms with E-state index < -0.39 is 5.63 Å². The Morgan fingerprint density at radius 1 is 1.26 bits per heavy atom. The van der Waals surface area contributed by atoms with E-state index >= 15 is 0 Å². The average molecular weight is 394 g/mol. The Balaban J connectivity index is 2.67. The van der Waals surface area contributed by atoms with Gasteiger partial charge in [0.15, 0.2) is 17.8 Å². The number of carbonyl (C=O) groups excluding carboxylic acids is 1. The summed E-state index contributed by atoms with van der Waals surface area (Å²) in [6.45, 7) is 10.7. The number of halogens is 1. The molecule has 0 aliphatic heterocycles. The number of likely N-dealkylation sites (N-methyl/N-ethyl adjacent to an activating group) is 1. The fourth-order valence-corrected chi connectivity index (χ4v) is 3.28. The number of benzene rings is 1. The smallest absolute Gasteiger partial charge is 0.339 e. The lowest BCUT2D eigenvalue weighted by molar-refractivity contribution is 0.306. The molecule has 0 aliphatic rings. The van der Waals surface area contributed by atoms with E-state index in [9.17, 15) is 9.59 Å². The molecular formula is C20H24ClNO5. The molecule has 0 fully saturated rings. The summed E-state index contributed by atoms with van der Waals surface area (Å²) >= 11 is 6.39. The van der Waals surface area contributed by atoms with E-state index in [4.69, 9.17) is 25.5 Å². The second-order valence-corrected chi connectivity index (χ2v) is 6.33. The largest absolute Gasteiger partial charge is 0.492 e. The summed E-state index contributed by atoms with van der Waals surface area (Å²) < 4.78 is 16.4. The van der Waals surface area contributed by atoms with Crippen LogP contribution in [0.25, 0.3) is 11.0 Å². The highest BCUT2D eigenvalue weighted by atomic mass is 35.5. The van der Waals surface area contributed by atoms with Crippen LogP contribution in [0.1, 0.15) is 31.9 Å². The summed E-state index contributed by atoms with van der Waals surface area (Å²) in [5.41, 5.74) is 1.04. The molecule has 0 aliphatic carbocycles. The van der Waals surface area contributed by atoms with Gasteiger partial charge in [0, 0.05) is 18.2 Å². The Bertz CT molecular complexity index is 911. The first-order chi connectivity index (χ1) is 13.0. The number of rotatable bonds is 9. The standard InChI is InChI=1S/C20H24ClNO5/c1-5-22(6-2)9-8-14-13(4)17-15(26-11-10-23)12-16(25-7-3)18(21)19(17)27-20(14)24/h11-12H,5-9H2,1-4H3. The number of aryl methyl sites for hydroxylation is 1. The van der Waals surface area contributed by atoms with Gasteiger partial charge in [-0.1, -0.05) is 25.4 Å².